The molecule has 21 heavy (non-hydrogen) atoms. The molecule has 0 radical (unpaired) electrons. The number of amides is 1. The molecule has 1 fully saturated rings. The minimum absolute atomic E-state index is 0.0549. The quantitative estimate of drug-likeness (QED) is 0.877. The maximum Gasteiger partial charge on any atom is 0.224 e. The van der Waals surface area contributed by atoms with Gasteiger partial charge in [-0.25, -0.2) is 0 Å². The molecule has 0 aromatic heterocycles. The Balaban J connectivity index is 1.92. The van der Waals surface area contributed by atoms with E-state index in [9.17, 15) is 9.90 Å². The maximum absolute atomic E-state index is 12.2. The molecule has 0 bridgehead atoms. The molecule has 1 aromatic rings. The standard InChI is InChI=1S/C17H25NO3/c1-12(2)10-16-14(7-5-9-21-16)18-17(20)11-13-6-3-4-8-15(13)19/h3-4,6,8,12,14,16,19H,5,7,9-11H2,1-2H3,(H,18,20). The van der Waals surface area contributed by atoms with Crippen molar-refractivity contribution in [3.8, 4) is 5.75 Å². The number of ether oxygens (including phenoxy) is 1. The van der Waals surface area contributed by atoms with Gasteiger partial charge in [-0.1, -0.05) is 32.0 Å². The van der Waals surface area contributed by atoms with Crippen LogP contribution >= 0.6 is 0 Å². The van der Waals surface area contributed by atoms with Crippen molar-refractivity contribution in [3.63, 3.8) is 0 Å². The summed E-state index contributed by atoms with van der Waals surface area (Å²) in [5.41, 5.74) is 0.659. The van der Waals surface area contributed by atoms with Crippen LogP contribution in [0.4, 0.5) is 0 Å². The van der Waals surface area contributed by atoms with Gasteiger partial charge in [0.05, 0.1) is 18.6 Å². The van der Waals surface area contributed by atoms with Crippen LogP contribution < -0.4 is 5.32 Å². The van der Waals surface area contributed by atoms with Crippen LogP contribution in [0.15, 0.2) is 24.3 Å². The lowest BCUT2D eigenvalue weighted by atomic mass is 9.94. The van der Waals surface area contributed by atoms with Gasteiger partial charge in [0.1, 0.15) is 5.75 Å². The fourth-order valence-corrected chi connectivity index (χ4v) is 2.79. The maximum atomic E-state index is 12.2. The molecule has 1 aliphatic rings. The van der Waals surface area contributed by atoms with Crippen LogP contribution in [0.1, 0.15) is 38.7 Å². The zero-order valence-corrected chi connectivity index (χ0v) is 12.8. The van der Waals surface area contributed by atoms with Crippen molar-refractivity contribution in [3.05, 3.63) is 29.8 Å². The van der Waals surface area contributed by atoms with Crippen LogP contribution in [-0.2, 0) is 16.0 Å². The largest absolute Gasteiger partial charge is 0.508 e. The molecule has 1 aliphatic heterocycles. The third-order valence-electron chi connectivity index (χ3n) is 3.83. The van der Waals surface area contributed by atoms with E-state index in [1.165, 1.54) is 0 Å². The average Bonchev–Trinajstić information content (AvgIpc) is 2.43. The van der Waals surface area contributed by atoms with Crippen LogP contribution in [0.5, 0.6) is 5.75 Å². The number of hydrogen-bond donors (Lipinski definition) is 2. The number of hydrogen-bond acceptors (Lipinski definition) is 3. The van der Waals surface area contributed by atoms with E-state index in [-0.39, 0.29) is 30.2 Å². The van der Waals surface area contributed by atoms with Crippen LogP contribution in [0.2, 0.25) is 0 Å². The lowest BCUT2D eigenvalue weighted by Gasteiger charge is -2.33. The summed E-state index contributed by atoms with van der Waals surface area (Å²) in [6.45, 7) is 5.11. The van der Waals surface area contributed by atoms with E-state index < -0.39 is 0 Å². The summed E-state index contributed by atoms with van der Waals surface area (Å²) in [5, 5.41) is 12.8. The fourth-order valence-electron chi connectivity index (χ4n) is 2.79. The van der Waals surface area contributed by atoms with Gasteiger partial charge in [-0.2, -0.15) is 0 Å². The van der Waals surface area contributed by atoms with Gasteiger partial charge in [-0.15, -0.1) is 0 Å². The molecule has 0 spiro atoms. The number of benzene rings is 1. The summed E-state index contributed by atoms with van der Waals surface area (Å²) in [4.78, 5) is 12.2. The summed E-state index contributed by atoms with van der Waals surface area (Å²) in [5.74, 6) is 0.665. The second-order valence-corrected chi connectivity index (χ2v) is 6.16. The first kappa shape index (κ1) is 15.8. The first-order valence-corrected chi connectivity index (χ1v) is 7.74. The molecule has 2 rings (SSSR count). The summed E-state index contributed by atoms with van der Waals surface area (Å²) in [6, 6.07) is 7.04. The van der Waals surface area contributed by atoms with Crippen molar-refractivity contribution in [2.45, 2.75) is 51.7 Å². The van der Waals surface area contributed by atoms with Crippen LogP contribution in [0, 0.1) is 5.92 Å². The minimum atomic E-state index is -0.0549. The Hall–Kier alpha value is -1.55. The number of para-hydroxylation sites is 1. The zero-order chi connectivity index (χ0) is 15.2. The van der Waals surface area contributed by atoms with Crippen molar-refractivity contribution in [1.82, 2.24) is 5.32 Å². The molecule has 1 saturated heterocycles. The lowest BCUT2D eigenvalue weighted by Crippen LogP contribution is -2.48. The van der Waals surface area contributed by atoms with Crippen molar-refractivity contribution < 1.29 is 14.6 Å². The highest BCUT2D eigenvalue weighted by Gasteiger charge is 2.27. The number of aromatic hydroxyl groups is 1. The lowest BCUT2D eigenvalue weighted by molar-refractivity contribution is -0.123. The van der Waals surface area contributed by atoms with E-state index >= 15 is 0 Å². The molecule has 4 nitrogen and oxygen atoms in total. The van der Waals surface area contributed by atoms with Crippen LogP contribution in [0.25, 0.3) is 0 Å². The number of rotatable bonds is 5. The molecule has 2 unspecified atom stereocenters. The van der Waals surface area contributed by atoms with E-state index in [1.807, 2.05) is 6.07 Å². The van der Waals surface area contributed by atoms with E-state index in [0.29, 0.717) is 11.5 Å². The van der Waals surface area contributed by atoms with E-state index in [4.69, 9.17) is 4.74 Å². The van der Waals surface area contributed by atoms with E-state index in [0.717, 1.165) is 25.9 Å². The number of carbonyl (C=O) groups excluding carboxylic acids is 1. The molecule has 1 amide bonds. The molecule has 0 aliphatic carbocycles. The second kappa shape index (κ2) is 7.46. The molecule has 4 heteroatoms. The predicted octanol–water partition coefficient (Wildman–Crippen LogP) is 2.64. The molecule has 0 saturated carbocycles. The zero-order valence-electron chi connectivity index (χ0n) is 12.8. The highest BCUT2D eigenvalue weighted by atomic mass is 16.5. The Morgan fingerprint density at radius 2 is 2.19 bits per heavy atom. The Morgan fingerprint density at radius 3 is 2.90 bits per heavy atom. The van der Waals surface area contributed by atoms with Gasteiger partial charge in [-0.05, 0) is 31.2 Å². The molecule has 2 N–H and O–H groups in total. The third-order valence-corrected chi connectivity index (χ3v) is 3.83. The van der Waals surface area contributed by atoms with Crippen molar-refractivity contribution in [2.24, 2.45) is 5.92 Å². The van der Waals surface area contributed by atoms with Crippen LogP contribution in [0.3, 0.4) is 0 Å². The van der Waals surface area contributed by atoms with E-state index in [1.54, 1.807) is 18.2 Å². The van der Waals surface area contributed by atoms with Crippen molar-refractivity contribution >= 4 is 5.91 Å². The molecule has 116 valence electrons. The van der Waals surface area contributed by atoms with Gasteiger partial charge < -0.3 is 15.2 Å². The third kappa shape index (κ3) is 4.74. The highest BCUT2D eigenvalue weighted by molar-refractivity contribution is 5.79. The van der Waals surface area contributed by atoms with Gasteiger partial charge in [0, 0.05) is 12.2 Å². The average molecular weight is 291 g/mol. The number of phenolic OH excluding ortho intramolecular Hbond substituents is 1. The predicted molar refractivity (Wildman–Crippen MR) is 82.2 cm³/mol. The number of nitrogens with one attached hydrogen (secondary N) is 1. The topological polar surface area (TPSA) is 58.6 Å². The Labute approximate surface area is 126 Å². The molecular formula is C17H25NO3. The summed E-state index contributed by atoms with van der Waals surface area (Å²) in [7, 11) is 0. The molecule has 1 aromatic carbocycles. The fraction of sp³-hybridized carbons (Fsp3) is 0.588. The monoisotopic (exact) mass is 291 g/mol. The minimum Gasteiger partial charge on any atom is -0.508 e. The summed E-state index contributed by atoms with van der Waals surface area (Å²) in [6.07, 6.45) is 3.21. The normalized spacial score (nSPS) is 22.2. The summed E-state index contributed by atoms with van der Waals surface area (Å²) < 4.78 is 5.81. The summed E-state index contributed by atoms with van der Waals surface area (Å²) >= 11 is 0. The Kier molecular flexibility index (Phi) is 5.62. The number of phenols is 1. The van der Waals surface area contributed by atoms with Gasteiger partial charge in [-0.3, -0.25) is 4.79 Å². The first-order valence-electron chi connectivity index (χ1n) is 7.74. The van der Waals surface area contributed by atoms with Crippen molar-refractivity contribution in [2.75, 3.05) is 6.61 Å². The molecule has 1 heterocycles. The SMILES string of the molecule is CC(C)CC1OCCCC1NC(=O)Cc1ccccc1O. The first-order chi connectivity index (χ1) is 10.1. The molecular weight excluding hydrogens is 266 g/mol. The smallest absolute Gasteiger partial charge is 0.224 e. The Bertz CT molecular complexity index is 473. The van der Waals surface area contributed by atoms with E-state index in [2.05, 4.69) is 19.2 Å². The molecule has 2 atom stereocenters. The number of carbonyl (C=O) groups is 1. The van der Waals surface area contributed by atoms with Crippen molar-refractivity contribution in [1.29, 1.82) is 0 Å². The van der Waals surface area contributed by atoms with Gasteiger partial charge in [0.15, 0.2) is 0 Å². The van der Waals surface area contributed by atoms with Gasteiger partial charge in [0.25, 0.3) is 0 Å². The second-order valence-electron chi connectivity index (χ2n) is 6.16. The van der Waals surface area contributed by atoms with Gasteiger partial charge in [0.2, 0.25) is 5.91 Å². The van der Waals surface area contributed by atoms with Crippen LogP contribution in [-0.4, -0.2) is 29.8 Å². The Morgan fingerprint density at radius 1 is 1.43 bits per heavy atom. The van der Waals surface area contributed by atoms with Gasteiger partial charge >= 0.3 is 0 Å². The highest BCUT2D eigenvalue weighted by Crippen LogP contribution is 2.21.